The van der Waals surface area contributed by atoms with Crippen LogP contribution < -0.4 is 5.32 Å². The number of thioether (sulfide) groups is 1. The van der Waals surface area contributed by atoms with E-state index in [0.29, 0.717) is 5.16 Å². The Hall–Kier alpha value is -2.90. The minimum absolute atomic E-state index is 0.0679. The molecule has 4 aromatic rings. The SMILES string of the molecule is Cc1cc(C)c(NC(=O)C(C)Sc2nnc(-c3cccc(Br)c3)n2-c2ccccc2)c(C)c1. The van der Waals surface area contributed by atoms with Gasteiger partial charge in [-0.15, -0.1) is 10.2 Å². The normalized spacial score (nSPS) is 11.9. The van der Waals surface area contributed by atoms with E-state index >= 15 is 0 Å². The molecule has 0 radical (unpaired) electrons. The molecule has 3 aromatic carbocycles. The Labute approximate surface area is 206 Å². The van der Waals surface area contributed by atoms with Crippen molar-refractivity contribution in [3.63, 3.8) is 0 Å². The quantitative estimate of drug-likeness (QED) is 0.286. The molecule has 0 spiro atoms. The van der Waals surface area contributed by atoms with Crippen molar-refractivity contribution in [2.24, 2.45) is 0 Å². The molecular formula is C26H25BrN4OS. The third-order valence-corrected chi connectivity index (χ3v) is 6.84. The summed E-state index contributed by atoms with van der Waals surface area (Å²) < 4.78 is 2.96. The van der Waals surface area contributed by atoms with E-state index in [1.165, 1.54) is 17.3 Å². The predicted molar refractivity (Wildman–Crippen MR) is 139 cm³/mol. The summed E-state index contributed by atoms with van der Waals surface area (Å²) in [6.45, 7) is 7.98. The lowest BCUT2D eigenvalue weighted by Gasteiger charge is -2.16. The van der Waals surface area contributed by atoms with Gasteiger partial charge in [-0.3, -0.25) is 9.36 Å². The van der Waals surface area contributed by atoms with E-state index in [9.17, 15) is 4.79 Å². The van der Waals surface area contributed by atoms with Crippen molar-refractivity contribution in [3.8, 4) is 17.1 Å². The number of aryl methyl sites for hydroxylation is 3. The van der Waals surface area contributed by atoms with Crippen LogP contribution in [0.1, 0.15) is 23.6 Å². The molecule has 1 aromatic heterocycles. The number of nitrogens with zero attached hydrogens (tertiary/aromatic N) is 3. The number of anilines is 1. The maximum atomic E-state index is 13.1. The summed E-state index contributed by atoms with van der Waals surface area (Å²) in [5.74, 6) is 0.657. The molecule has 5 nitrogen and oxygen atoms in total. The minimum atomic E-state index is -0.368. The van der Waals surface area contributed by atoms with E-state index in [-0.39, 0.29) is 11.2 Å². The zero-order valence-electron chi connectivity index (χ0n) is 19.0. The number of amides is 1. The molecule has 0 aliphatic carbocycles. The number of benzene rings is 3. The van der Waals surface area contributed by atoms with E-state index in [0.717, 1.165) is 38.4 Å². The number of carbonyl (C=O) groups excluding carboxylic acids is 1. The monoisotopic (exact) mass is 520 g/mol. The molecule has 1 atom stereocenters. The van der Waals surface area contributed by atoms with Crippen LogP contribution in [0.4, 0.5) is 5.69 Å². The molecule has 0 saturated carbocycles. The summed E-state index contributed by atoms with van der Waals surface area (Å²) in [6.07, 6.45) is 0. The van der Waals surface area contributed by atoms with E-state index < -0.39 is 0 Å². The molecule has 7 heteroatoms. The Morgan fingerprint density at radius 3 is 2.33 bits per heavy atom. The van der Waals surface area contributed by atoms with Gasteiger partial charge in [0.2, 0.25) is 5.91 Å². The standard InChI is InChI=1S/C26H25BrN4OS/c1-16-13-17(2)23(18(3)14-16)28-25(32)19(4)33-26-30-29-24(20-9-8-10-21(27)15-20)31(26)22-11-6-5-7-12-22/h5-15,19H,1-4H3,(H,28,32). The van der Waals surface area contributed by atoms with Crippen molar-refractivity contribution in [1.82, 2.24) is 14.8 Å². The van der Waals surface area contributed by atoms with Gasteiger partial charge in [0.1, 0.15) is 0 Å². The van der Waals surface area contributed by atoms with Gasteiger partial charge in [0.05, 0.1) is 5.25 Å². The van der Waals surface area contributed by atoms with Crippen LogP contribution >= 0.6 is 27.7 Å². The molecule has 1 heterocycles. The van der Waals surface area contributed by atoms with Crippen LogP contribution in [0.15, 0.2) is 76.4 Å². The smallest absolute Gasteiger partial charge is 0.237 e. The maximum absolute atomic E-state index is 13.1. The van der Waals surface area contributed by atoms with Gasteiger partial charge in [-0.25, -0.2) is 0 Å². The van der Waals surface area contributed by atoms with E-state index in [2.05, 4.69) is 50.5 Å². The number of para-hydroxylation sites is 1. The molecule has 0 aliphatic rings. The highest BCUT2D eigenvalue weighted by Gasteiger charge is 2.22. The molecule has 0 bridgehead atoms. The van der Waals surface area contributed by atoms with Crippen molar-refractivity contribution in [3.05, 3.63) is 87.9 Å². The first-order valence-electron chi connectivity index (χ1n) is 10.7. The lowest BCUT2D eigenvalue weighted by atomic mass is 10.1. The van der Waals surface area contributed by atoms with Crippen molar-refractivity contribution >= 4 is 39.3 Å². The molecule has 0 aliphatic heterocycles. The molecule has 0 fully saturated rings. The Bertz CT molecular complexity index is 1280. The van der Waals surface area contributed by atoms with E-state index in [4.69, 9.17) is 0 Å². The minimum Gasteiger partial charge on any atom is -0.325 e. The highest BCUT2D eigenvalue weighted by molar-refractivity contribution is 9.10. The Morgan fingerprint density at radius 1 is 0.970 bits per heavy atom. The lowest BCUT2D eigenvalue weighted by Crippen LogP contribution is -2.24. The second-order valence-corrected chi connectivity index (χ2v) is 10.2. The molecule has 33 heavy (non-hydrogen) atoms. The zero-order valence-corrected chi connectivity index (χ0v) is 21.4. The first-order valence-corrected chi connectivity index (χ1v) is 12.3. The summed E-state index contributed by atoms with van der Waals surface area (Å²) in [7, 11) is 0. The topological polar surface area (TPSA) is 59.8 Å². The Kier molecular flexibility index (Phi) is 7.00. The van der Waals surface area contributed by atoms with Crippen LogP contribution in [0.5, 0.6) is 0 Å². The molecule has 1 unspecified atom stereocenters. The average molecular weight is 521 g/mol. The number of rotatable bonds is 6. The third-order valence-electron chi connectivity index (χ3n) is 5.31. The first kappa shape index (κ1) is 23.3. The van der Waals surface area contributed by atoms with Gasteiger partial charge in [0, 0.05) is 21.4 Å². The van der Waals surface area contributed by atoms with Crippen molar-refractivity contribution in [1.29, 1.82) is 0 Å². The van der Waals surface area contributed by atoms with Crippen LogP contribution in [0.25, 0.3) is 17.1 Å². The summed E-state index contributed by atoms with van der Waals surface area (Å²) in [4.78, 5) is 13.1. The molecule has 4 rings (SSSR count). The highest BCUT2D eigenvalue weighted by Crippen LogP contribution is 2.32. The molecule has 0 saturated heterocycles. The molecule has 1 amide bonds. The van der Waals surface area contributed by atoms with Crippen LogP contribution in [-0.2, 0) is 4.79 Å². The number of halogens is 1. The number of carbonyl (C=O) groups is 1. The summed E-state index contributed by atoms with van der Waals surface area (Å²) in [5, 5.41) is 12.3. The fourth-order valence-corrected chi connectivity index (χ4v) is 5.05. The van der Waals surface area contributed by atoms with Gasteiger partial charge in [-0.2, -0.15) is 0 Å². The largest absolute Gasteiger partial charge is 0.325 e. The number of aromatic nitrogens is 3. The summed E-state index contributed by atoms with van der Waals surface area (Å²) in [5.41, 5.74) is 6.05. The van der Waals surface area contributed by atoms with Crippen LogP contribution in [-0.4, -0.2) is 25.9 Å². The van der Waals surface area contributed by atoms with Gasteiger partial charge in [0.25, 0.3) is 0 Å². The van der Waals surface area contributed by atoms with Crippen molar-refractivity contribution in [2.75, 3.05) is 5.32 Å². The van der Waals surface area contributed by atoms with E-state index in [1.54, 1.807) is 0 Å². The lowest BCUT2D eigenvalue weighted by molar-refractivity contribution is -0.115. The second-order valence-electron chi connectivity index (χ2n) is 8.01. The Morgan fingerprint density at radius 2 is 1.67 bits per heavy atom. The second kappa shape index (κ2) is 9.93. The summed E-state index contributed by atoms with van der Waals surface area (Å²) in [6, 6.07) is 22.1. The third kappa shape index (κ3) is 5.20. The van der Waals surface area contributed by atoms with Crippen molar-refractivity contribution < 1.29 is 4.79 Å². The Balaban J connectivity index is 1.65. The van der Waals surface area contributed by atoms with Gasteiger partial charge in [-0.05, 0) is 63.1 Å². The number of hydrogen-bond acceptors (Lipinski definition) is 4. The fourth-order valence-electron chi connectivity index (χ4n) is 3.78. The predicted octanol–water partition coefficient (Wildman–Crippen LogP) is 6.74. The van der Waals surface area contributed by atoms with E-state index in [1.807, 2.05) is 79.9 Å². The summed E-state index contributed by atoms with van der Waals surface area (Å²) >= 11 is 4.93. The van der Waals surface area contributed by atoms with Crippen LogP contribution in [0.2, 0.25) is 0 Å². The maximum Gasteiger partial charge on any atom is 0.237 e. The zero-order chi connectivity index (χ0) is 23.5. The van der Waals surface area contributed by atoms with Gasteiger partial charge in [-0.1, -0.05) is 75.7 Å². The molecule has 1 N–H and O–H groups in total. The molecule has 168 valence electrons. The number of nitrogens with one attached hydrogen (secondary N) is 1. The van der Waals surface area contributed by atoms with Crippen LogP contribution in [0, 0.1) is 20.8 Å². The fraction of sp³-hybridized carbons (Fsp3) is 0.192. The van der Waals surface area contributed by atoms with Crippen molar-refractivity contribution in [2.45, 2.75) is 38.1 Å². The van der Waals surface area contributed by atoms with Gasteiger partial charge >= 0.3 is 0 Å². The highest BCUT2D eigenvalue weighted by atomic mass is 79.9. The first-order chi connectivity index (χ1) is 15.8. The van der Waals surface area contributed by atoms with Crippen LogP contribution in [0.3, 0.4) is 0 Å². The van der Waals surface area contributed by atoms with Gasteiger partial charge in [0.15, 0.2) is 11.0 Å². The number of hydrogen-bond donors (Lipinski definition) is 1. The van der Waals surface area contributed by atoms with Gasteiger partial charge < -0.3 is 5.32 Å². The average Bonchev–Trinajstić information content (AvgIpc) is 3.20. The molecular weight excluding hydrogens is 496 g/mol.